The Balaban J connectivity index is 1.57. The van der Waals surface area contributed by atoms with E-state index in [1.54, 1.807) is 12.1 Å². The summed E-state index contributed by atoms with van der Waals surface area (Å²) in [7, 11) is 1.32. The van der Waals surface area contributed by atoms with Crippen LogP contribution in [0.5, 0.6) is 0 Å². The number of esters is 1. The number of alkyl halides is 3. The first-order valence-corrected chi connectivity index (χ1v) is 9.91. The number of hydrogen-bond acceptors (Lipinski definition) is 5. The molecule has 0 bridgehead atoms. The first kappa shape index (κ1) is 21.5. The number of ether oxygens (including phenoxy) is 3. The van der Waals surface area contributed by atoms with Gasteiger partial charge in [-0.05, 0) is 37.1 Å². The fourth-order valence-electron chi connectivity index (χ4n) is 4.07. The number of rotatable bonds is 7. The normalized spacial score (nSPS) is 21.3. The molecule has 2 aliphatic rings. The Morgan fingerprint density at radius 1 is 1.25 bits per heavy atom. The van der Waals surface area contributed by atoms with Crippen molar-refractivity contribution in [2.45, 2.75) is 43.7 Å². The number of benzene rings is 1. The smallest absolute Gasteiger partial charge is 0.407 e. The molecule has 9 heteroatoms. The summed E-state index contributed by atoms with van der Waals surface area (Å²) in [5.41, 5.74) is -0.611. The van der Waals surface area contributed by atoms with Crippen LogP contribution in [0, 0.1) is 5.41 Å². The highest BCUT2D eigenvalue weighted by Crippen LogP contribution is 2.56. The molecule has 0 amide bonds. The minimum absolute atomic E-state index is 0.119. The molecule has 1 aromatic carbocycles. The van der Waals surface area contributed by atoms with Crippen molar-refractivity contribution in [3.63, 3.8) is 0 Å². The van der Waals surface area contributed by atoms with Crippen molar-refractivity contribution in [2.24, 2.45) is 5.41 Å². The second-order valence-electron chi connectivity index (χ2n) is 7.32. The minimum atomic E-state index is -4.42. The van der Waals surface area contributed by atoms with Crippen LogP contribution >= 0.6 is 15.9 Å². The summed E-state index contributed by atoms with van der Waals surface area (Å²) in [6, 6.07) is 4.28. The molecular weight excluding hydrogens is 443 g/mol. The molecule has 1 saturated carbocycles. The molecular formula is C19H23BrF3NO4. The molecule has 1 heterocycles. The van der Waals surface area contributed by atoms with Gasteiger partial charge >= 0.3 is 12.1 Å². The van der Waals surface area contributed by atoms with Crippen molar-refractivity contribution in [3.05, 3.63) is 34.3 Å². The van der Waals surface area contributed by atoms with Crippen LogP contribution in [0.2, 0.25) is 0 Å². The van der Waals surface area contributed by atoms with E-state index in [1.165, 1.54) is 19.2 Å². The molecule has 0 radical (unpaired) electrons. The number of carbonyl (C=O) groups excluding carboxylic acids is 1. The first-order chi connectivity index (χ1) is 13.2. The van der Waals surface area contributed by atoms with Crippen LogP contribution in [0.4, 0.5) is 13.2 Å². The third-order valence-electron chi connectivity index (χ3n) is 5.36. The zero-order valence-electron chi connectivity index (χ0n) is 15.5. The predicted molar refractivity (Wildman–Crippen MR) is 98.5 cm³/mol. The maximum absolute atomic E-state index is 13.4. The molecule has 1 aliphatic heterocycles. The molecule has 1 spiro atoms. The van der Waals surface area contributed by atoms with Gasteiger partial charge in [0.1, 0.15) is 6.04 Å². The summed E-state index contributed by atoms with van der Waals surface area (Å²) in [5, 5.41) is 2.58. The molecule has 28 heavy (non-hydrogen) atoms. The summed E-state index contributed by atoms with van der Waals surface area (Å²) in [4.78, 5) is 12.3. The fraction of sp³-hybridized carbons (Fsp3) is 0.632. The lowest BCUT2D eigenvalue weighted by Gasteiger charge is -2.50. The van der Waals surface area contributed by atoms with E-state index in [1.807, 2.05) is 0 Å². The first-order valence-electron chi connectivity index (χ1n) is 9.12. The van der Waals surface area contributed by atoms with Gasteiger partial charge in [0.15, 0.2) is 5.79 Å². The zero-order chi connectivity index (χ0) is 20.4. The molecule has 1 N–H and O–H groups in total. The number of methoxy groups -OCH3 is 1. The van der Waals surface area contributed by atoms with Gasteiger partial charge in [-0.1, -0.05) is 28.1 Å². The minimum Gasteiger partial charge on any atom is -0.469 e. The molecule has 0 aromatic heterocycles. The third kappa shape index (κ3) is 4.53. The SMILES string of the molecule is COC(=O)C1(CCCN[C@@H](c2ccc(Br)cc2)C(F)(F)F)CC2(C1)OCCO2. The highest BCUT2D eigenvalue weighted by molar-refractivity contribution is 9.10. The van der Waals surface area contributed by atoms with Gasteiger partial charge in [-0.3, -0.25) is 4.79 Å². The molecule has 3 rings (SSSR count). The topological polar surface area (TPSA) is 56.8 Å². The van der Waals surface area contributed by atoms with Gasteiger partial charge in [0, 0.05) is 17.3 Å². The van der Waals surface area contributed by atoms with Crippen molar-refractivity contribution in [2.75, 3.05) is 26.9 Å². The Bertz CT molecular complexity index is 681. The van der Waals surface area contributed by atoms with E-state index in [9.17, 15) is 18.0 Å². The Kier molecular flexibility index (Phi) is 6.38. The van der Waals surface area contributed by atoms with Gasteiger partial charge in [0.05, 0.1) is 25.7 Å². The van der Waals surface area contributed by atoms with Crippen LogP contribution in [0.3, 0.4) is 0 Å². The van der Waals surface area contributed by atoms with E-state index >= 15 is 0 Å². The van der Waals surface area contributed by atoms with Crippen molar-refractivity contribution in [3.8, 4) is 0 Å². The number of nitrogens with one attached hydrogen (secondary N) is 1. The molecule has 1 aromatic rings. The van der Waals surface area contributed by atoms with Crippen molar-refractivity contribution >= 4 is 21.9 Å². The van der Waals surface area contributed by atoms with Gasteiger partial charge < -0.3 is 19.5 Å². The van der Waals surface area contributed by atoms with E-state index in [0.717, 1.165) is 0 Å². The zero-order valence-corrected chi connectivity index (χ0v) is 17.1. The van der Waals surface area contributed by atoms with Gasteiger partial charge in [0.2, 0.25) is 0 Å². The number of carbonyl (C=O) groups is 1. The second-order valence-corrected chi connectivity index (χ2v) is 8.23. The summed E-state index contributed by atoms with van der Waals surface area (Å²) in [6.45, 7) is 1.09. The van der Waals surface area contributed by atoms with Crippen molar-refractivity contribution in [1.82, 2.24) is 5.32 Å². The van der Waals surface area contributed by atoms with Gasteiger partial charge in [-0.15, -0.1) is 0 Å². The molecule has 1 aliphatic carbocycles. The Labute approximate surface area is 170 Å². The van der Waals surface area contributed by atoms with E-state index in [4.69, 9.17) is 14.2 Å². The lowest BCUT2D eigenvalue weighted by atomic mass is 9.62. The van der Waals surface area contributed by atoms with Crippen LogP contribution < -0.4 is 5.32 Å². The Morgan fingerprint density at radius 3 is 2.39 bits per heavy atom. The summed E-state index contributed by atoms with van der Waals surface area (Å²) < 4.78 is 57.1. The van der Waals surface area contributed by atoms with Crippen LogP contribution in [-0.4, -0.2) is 44.8 Å². The van der Waals surface area contributed by atoms with E-state index < -0.39 is 23.4 Å². The van der Waals surface area contributed by atoms with Crippen molar-refractivity contribution in [1.29, 1.82) is 0 Å². The summed E-state index contributed by atoms with van der Waals surface area (Å²) in [5.74, 6) is -1.09. The highest BCUT2D eigenvalue weighted by atomic mass is 79.9. The second kappa shape index (κ2) is 8.30. The van der Waals surface area contributed by atoms with Crippen LogP contribution in [0.25, 0.3) is 0 Å². The molecule has 2 fully saturated rings. The standard InChI is InChI=1S/C19H23BrF3NO4/c1-26-16(25)17(11-18(12-17)27-9-10-28-18)7-2-8-24-15(19(21,22)23)13-3-5-14(20)6-4-13/h3-6,15,24H,2,7-12H2,1H3/t15-/m0/s1. The van der Waals surface area contributed by atoms with E-state index in [2.05, 4.69) is 21.2 Å². The highest BCUT2D eigenvalue weighted by Gasteiger charge is 2.62. The molecule has 156 valence electrons. The number of hydrogen-bond donors (Lipinski definition) is 1. The lowest BCUT2D eigenvalue weighted by Crippen LogP contribution is -2.57. The van der Waals surface area contributed by atoms with E-state index in [0.29, 0.717) is 43.4 Å². The van der Waals surface area contributed by atoms with Gasteiger partial charge in [0.25, 0.3) is 0 Å². The molecule has 5 nitrogen and oxygen atoms in total. The molecule has 1 saturated heterocycles. The average Bonchev–Trinajstić information content (AvgIpc) is 3.09. The van der Waals surface area contributed by atoms with Gasteiger partial charge in [-0.25, -0.2) is 0 Å². The van der Waals surface area contributed by atoms with E-state index in [-0.39, 0.29) is 18.1 Å². The summed E-state index contributed by atoms with van der Waals surface area (Å²) >= 11 is 3.22. The van der Waals surface area contributed by atoms with Crippen LogP contribution in [0.15, 0.2) is 28.7 Å². The lowest BCUT2D eigenvalue weighted by molar-refractivity contribution is -0.265. The average molecular weight is 466 g/mol. The Hall–Kier alpha value is -1.16. The molecule has 0 unspecified atom stereocenters. The maximum Gasteiger partial charge on any atom is 0.407 e. The largest absolute Gasteiger partial charge is 0.469 e. The predicted octanol–water partition coefficient (Wildman–Crippen LogP) is 4.12. The third-order valence-corrected chi connectivity index (χ3v) is 5.89. The maximum atomic E-state index is 13.4. The monoisotopic (exact) mass is 465 g/mol. The number of halogens is 4. The van der Waals surface area contributed by atoms with Crippen LogP contribution in [0.1, 0.15) is 37.3 Å². The van der Waals surface area contributed by atoms with Crippen molar-refractivity contribution < 1.29 is 32.2 Å². The summed E-state index contributed by atoms with van der Waals surface area (Å²) in [6.07, 6.45) is -2.86. The van der Waals surface area contributed by atoms with Crippen LogP contribution in [-0.2, 0) is 19.0 Å². The van der Waals surface area contributed by atoms with Gasteiger partial charge in [-0.2, -0.15) is 13.2 Å². The molecule has 1 atom stereocenters. The quantitative estimate of drug-likeness (QED) is 0.484. The fourth-order valence-corrected chi connectivity index (χ4v) is 4.34. The Morgan fingerprint density at radius 2 is 1.86 bits per heavy atom.